The molecule has 1 saturated carbocycles. The van der Waals surface area contributed by atoms with Crippen LogP contribution < -0.4 is 10.4 Å². The average molecular weight is 656 g/mol. The van der Waals surface area contributed by atoms with Gasteiger partial charge in [-0.3, -0.25) is 4.90 Å². The van der Waals surface area contributed by atoms with Crippen molar-refractivity contribution >= 4 is 24.8 Å². The van der Waals surface area contributed by atoms with E-state index in [2.05, 4.69) is 98.5 Å². The van der Waals surface area contributed by atoms with Gasteiger partial charge in [-0.1, -0.05) is 125 Å². The van der Waals surface area contributed by atoms with Gasteiger partial charge in [-0.15, -0.1) is 0 Å². The number of amides is 1. The molecule has 1 spiro atoms. The minimum Gasteiger partial charge on any atom is -0.444 e. The summed E-state index contributed by atoms with van der Waals surface area (Å²) in [5.74, 6) is 0.408. The molecule has 0 aromatic heterocycles. The number of carbonyl (C=O) groups is 1. The summed E-state index contributed by atoms with van der Waals surface area (Å²) in [6.45, 7) is 14.7. The van der Waals surface area contributed by atoms with Crippen molar-refractivity contribution in [1.29, 1.82) is 0 Å². The second-order valence-corrected chi connectivity index (χ2v) is 20.0. The number of carbonyl (C=O) groups excluding carboxylic acids is 1. The number of benzene rings is 3. The summed E-state index contributed by atoms with van der Waals surface area (Å²) in [6.07, 6.45) is 8.29. The van der Waals surface area contributed by atoms with E-state index in [-0.39, 0.29) is 22.7 Å². The lowest BCUT2D eigenvalue weighted by Crippen LogP contribution is -2.66. The molecule has 1 aliphatic heterocycles. The zero-order valence-corrected chi connectivity index (χ0v) is 30.7. The van der Waals surface area contributed by atoms with E-state index in [1.165, 1.54) is 16.8 Å². The molecule has 5 nitrogen and oxygen atoms in total. The standard InChI is InChI=1S/C41H57NO4Si/c1-39(2,3)46-38(43)42-35(32-44-31-33-19-10-7-11-20-33)27-29-41(42)28-17-16-21-34(41)22-18-30-45-47(40(4,5)6,36-23-12-8-13-24-36)37-25-14-9-15-26-37/h7-15,19-20,23-26,34-35H,16-18,21-22,27-32H2,1-6H3/t34-,35-,41-/m0/s1. The fourth-order valence-corrected chi connectivity index (χ4v) is 13.0. The molecular weight excluding hydrogens is 599 g/mol. The van der Waals surface area contributed by atoms with Gasteiger partial charge in [0.15, 0.2) is 0 Å². The van der Waals surface area contributed by atoms with Crippen LogP contribution in [0.1, 0.15) is 98.5 Å². The minimum atomic E-state index is -2.59. The van der Waals surface area contributed by atoms with E-state index < -0.39 is 13.9 Å². The topological polar surface area (TPSA) is 48.0 Å². The quantitative estimate of drug-likeness (QED) is 0.153. The average Bonchev–Trinajstić information content (AvgIpc) is 3.40. The van der Waals surface area contributed by atoms with Crippen molar-refractivity contribution in [2.24, 2.45) is 5.92 Å². The minimum absolute atomic E-state index is 0.0162. The van der Waals surface area contributed by atoms with Gasteiger partial charge in [0, 0.05) is 12.1 Å². The fraction of sp³-hybridized carbons (Fsp3) is 0.537. The lowest BCUT2D eigenvalue weighted by molar-refractivity contribution is -0.0430. The number of ether oxygens (including phenoxy) is 2. The maximum Gasteiger partial charge on any atom is 0.411 e. The summed E-state index contributed by atoms with van der Waals surface area (Å²) in [6, 6.07) is 32.1. The van der Waals surface area contributed by atoms with Gasteiger partial charge in [0.2, 0.25) is 0 Å². The van der Waals surface area contributed by atoms with Crippen molar-refractivity contribution < 1.29 is 18.7 Å². The van der Waals surface area contributed by atoms with Crippen molar-refractivity contribution in [1.82, 2.24) is 4.90 Å². The van der Waals surface area contributed by atoms with Crippen LogP contribution in [0.4, 0.5) is 4.79 Å². The Morgan fingerprint density at radius 1 is 0.809 bits per heavy atom. The van der Waals surface area contributed by atoms with Crippen molar-refractivity contribution in [3.05, 3.63) is 96.6 Å². The Morgan fingerprint density at radius 3 is 1.98 bits per heavy atom. The molecule has 3 aromatic rings. The van der Waals surface area contributed by atoms with Crippen molar-refractivity contribution in [3.8, 4) is 0 Å². The molecule has 0 N–H and O–H groups in total. The third-order valence-electron chi connectivity index (χ3n) is 10.4. The smallest absolute Gasteiger partial charge is 0.411 e. The molecule has 0 bridgehead atoms. The van der Waals surface area contributed by atoms with E-state index in [0.29, 0.717) is 25.7 Å². The van der Waals surface area contributed by atoms with Gasteiger partial charge in [0.1, 0.15) is 5.60 Å². The Hall–Kier alpha value is -2.93. The van der Waals surface area contributed by atoms with E-state index in [4.69, 9.17) is 13.9 Å². The molecule has 6 heteroatoms. The lowest BCUT2D eigenvalue weighted by Gasteiger charge is -2.49. The number of likely N-dealkylation sites (tertiary alicyclic amines) is 1. The van der Waals surface area contributed by atoms with Crippen molar-refractivity contribution in [3.63, 3.8) is 0 Å². The van der Waals surface area contributed by atoms with Gasteiger partial charge in [-0.2, -0.15) is 0 Å². The molecule has 2 aliphatic rings. The van der Waals surface area contributed by atoms with Crippen LogP contribution in [0.5, 0.6) is 0 Å². The Kier molecular flexibility index (Phi) is 11.4. The maximum atomic E-state index is 14.0. The summed E-state index contributed by atoms with van der Waals surface area (Å²) in [5.41, 5.74) is 0.406. The van der Waals surface area contributed by atoms with Gasteiger partial charge < -0.3 is 13.9 Å². The van der Waals surface area contributed by atoms with Crippen LogP contribution in [0, 0.1) is 5.92 Å². The highest BCUT2D eigenvalue weighted by atomic mass is 28.4. The van der Waals surface area contributed by atoms with Gasteiger partial charge in [0.05, 0.1) is 19.3 Å². The van der Waals surface area contributed by atoms with Crippen molar-refractivity contribution in [2.45, 2.75) is 122 Å². The molecule has 1 amide bonds. The molecular formula is C41H57NO4Si. The Morgan fingerprint density at radius 2 is 1.40 bits per heavy atom. The first-order valence-corrected chi connectivity index (χ1v) is 19.8. The van der Waals surface area contributed by atoms with Crippen LogP contribution in [-0.4, -0.2) is 49.7 Å². The second-order valence-electron chi connectivity index (χ2n) is 15.7. The van der Waals surface area contributed by atoms with E-state index >= 15 is 0 Å². The molecule has 1 saturated heterocycles. The number of rotatable bonds is 11. The van der Waals surface area contributed by atoms with Gasteiger partial charge >= 0.3 is 6.09 Å². The first-order valence-electron chi connectivity index (χ1n) is 17.9. The normalized spacial score (nSPS) is 22.0. The van der Waals surface area contributed by atoms with Crippen molar-refractivity contribution in [2.75, 3.05) is 13.2 Å². The van der Waals surface area contributed by atoms with Crippen LogP contribution in [0.3, 0.4) is 0 Å². The summed E-state index contributed by atoms with van der Waals surface area (Å²) in [5, 5.41) is 2.59. The Balaban J connectivity index is 1.34. The zero-order valence-electron chi connectivity index (χ0n) is 29.7. The first-order chi connectivity index (χ1) is 22.5. The number of nitrogens with zero attached hydrogens (tertiary/aromatic N) is 1. The summed E-state index contributed by atoms with van der Waals surface area (Å²) in [4.78, 5) is 16.2. The monoisotopic (exact) mass is 655 g/mol. The zero-order chi connectivity index (χ0) is 33.5. The molecule has 3 aromatic carbocycles. The summed E-state index contributed by atoms with van der Waals surface area (Å²) >= 11 is 0. The Labute approximate surface area is 285 Å². The molecule has 1 heterocycles. The predicted octanol–water partition coefficient (Wildman–Crippen LogP) is 8.89. The third kappa shape index (κ3) is 8.04. The molecule has 0 radical (unpaired) electrons. The van der Waals surface area contributed by atoms with Crippen LogP contribution in [-0.2, 0) is 20.5 Å². The first kappa shape index (κ1) is 35.4. The summed E-state index contributed by atoms with van der Waals surface area (Å²) in [7, 11) is -2.59. The van der Waals surface area contributed by atoms with Crippen LogP contribution in [0.2, 0.25) is 5.04 Å². The highest BCUT2D eigenvalue weighted by Gasteiger charge is 2.55. The van der Waals surface area contributed by atoms with Crippen LogP contribution >= 0.6 is 0 Å². The predicted molar refractivity (Wildman–Crippen MR) is 195 cm³/mol. The molecule has 1 aliphatic carbocycles. The van der Waals surface area contributed by atoms with Gasteiger partial charge in [-0.25, -0.2) is 4.79 Å². The van der Waals surface area contributed by atoms with E-state index in [1.54, 1.807) is 0 Å². The number of hydrogen-bond acceptors (Lipinski definition) is 4. The van der Waals surface area contributed by atoms with Crippen LogP contribution in [0.15, 0.2) is 91.0 Å². The number of hydrogen-bond donors (Lipinski definition) is 0. The molecule has 47 heavy (non-hydrogen) atoms. The molecule has 0 unspecified atom stereocenters. The lowest BCUT2D eigenvalue weighted by atomic mass is 9.69. The van der Waals surface area contributed by atoms with E-state index in [9.17, 15) is 4.79 Å². The molecule has 5 rings (SSSR count). The highest BCUT2D eigenvalue weighted by Crippen LogP contribution is 2.50. The molecule has 254 valence electrons. The second kappa shape index (κ2) is 15.1. The van der Waals surface area contributed by atoms with Crippen LogP contribution in [0.25, 0.3) is 0 Å². The third-order valence-corrected chi connectivity index (χ3v) is 15.4. The maximum absolute atomic E-state index is 14.0. The SMILES string of the molecule is CC(C)(C)OC(=O)N1[C@H](COCc2ccccc2)CC[C@]12CCCC[C@H]2CCCO[Si](c1ccccc1)(c1ccccc1)C(C)(C)C. The van der Waals surface area contributed by atoms with E-state index in [0.717, 1.165) is 50.5 Å². The molecule has 2 fully saturated rings. The largest absolute Gasteiger partial charge is 0.444 e. The Bertz CT molecular complexity index is 1360. The van der Waals surface area contributed by atoms with Gasteiger partial charge in [0.25, 0.3) is 8.32 Å². The molecule has 3 atom stereocenters. The fourth-order valence-electron chi connectivity index (χ4n) is 8.39. The van der Waals surface area contributed by atoms with Gasteiger partial charge in [-0.05, 0) is 86.2 Å². The highest BCUT2D eigenvalue weighted by molar-refractivity contribution is 6.99. The summed E-state index contributed by atoms with van der Waals surface area (Å²) < 4.78 is 19.7. The van der Waals surface area contributed by atoms with E-state index in [1.807, 2.05) is 39.0 Å².